The predicted molar refractivity (Wildman–Crippen MR) is 133 cm³/mol. The van der Waals surface area contributed by atoms with Gasteiger partial charge in [0.1, 0.15) is 0 Å². The average Bonchev–Trinajstić information content (AvgIpc) is 3.13. The highest BCUT2D eigenvalue weighted by Crippen LogP contribution is 2.35. The van der Waals surface area contributed by atoms with E-state index in [2.05, 4.69) is 27.9 Å². The molecule has 0 aliphatic carbocycles. The summed E-state index contributed by atoms with van der Waals surface area (Å²) in [4.78, 5) is 17.8. The van der Waals surface area contributed by atoms with E-state index in [1.54, 1.807) is 0 Å². The van der Waals surface area contributed by atoms with Crippen LogP contribution in [0.1, 0.15) is 16.8 Å². The Balaban J connectivity index is 1.95. The molecular weight excluding hydrogens is 548 g/mol. The second kappa shape index (κ2) is 9.56. The van der Waals surface area contributed by atoms with Crippen LogP contribution in [-0.2, 0) is 0 Å². The van der Waals surface area contributed by atoms with E-state index in [9.17, 15) is 4.79 Å². The normalized spacial score (nSPS) is 11.1. The molecule has 0 unspecified atom stereocenters. The highest BCUT2D eigenvalue weighted by molar-refractivity contribution is 14.1. The summed E-state index contributed by atoms with van der Waals surface area (Å²) in [5.41, 5.74) is 4.44. The summed E-state index contributed by atoms with van der Waals surface area (Å²) in [7, 11) is 0. The minimum Gasteiger partial charge on any atom is -0.396 e. The van der Waals surface area contributed by atoms with Crippen molar-refractivity contribution in [1.29, 1.82) is 0 Å². The summed E-state index contributed by atoms with van der Waals surface area (Å²) in [6, 6.07) is 16.8. The highest BCUT2D eigenvalue weighted by atomic mass is 127. The van der Waals surface area contributed by atoms with Gasteiger partial charge in [0.2, 0.25) is 0 Å². The van der Waals surface area contributed by atoms with Gasteiger partial charge < -0.3 is 10.4 Å². The number of nitrogens with one attached hydrogen (secondary N) is 1. The van der Waals surface area contributed by atoms with Gasteiger partial charge in [-0.25, -0.2) is 4.98 Å². The zero-order valence-corrected chi connectivity index (χ0v) is 19.9. The molecule has 0 bridgehead atoms. The standard InChI is InChI=1S/C23H18Cl2IN3O2/c24-16-6-2-14(3-7-16)20-21(15-4-8-17(25)9-5-15)29-13-18(26)12-19(22(29)28-20)23(31)27-10-1-11-30/h2-9,12-13,30H,1,10-11H2,(H,27,31). The van der Waals surface area contributed by atoms with Crippen LogP contribution >= 0.6 is 45.8 Å². The summed E-state index contributed by atoms with van der Waals surface area (Å²) < 4.78 is 2.84. The zero-order valence-electron chi connectivity index (χ0n) is 16.3. The molecule has 8 heteroatoms. The minimum absolute atomic E-state index is 0.0207. The summed E-state index contributed by atoms with van der Waals surface area (Å²) in [6.07, 6.45) is 2.45. The van der Waals surface area contributed by atoms with Crippen LogP contribution in [0.25, 0.3) is 28.2 Å². The molecular formula is C23H18Cl2IN3O2. The van der Waals surface area contributed by atoms with Gasteiger partial charge in [0, 0.05) is 44.1 Å². The number of fused-ring (bicyclic) bond motifs is 1. The number of aliphatic hydroxyl groups excluding tert-OH is 1. The molecule has 2 heterocycles. The number of pyridine rings is 1. The Morgan fingerprint density at radius 3 is 2.26 bits per heavy atom. The number of hydrogen-bond acceptors (Lipinski definition) is 3. The molecule has 0 radical (unpaired) electrons. The molecule has 0 saturated carbocycles. The first kappa shape index (κ1) is 22.1. The maximum absolute atomic E-state index is 12.9. The lowest BCUT2D eigenvalue weighted by Gasteiger charge is -2.09. The lowest BCUT2D eigenvalue weighted by Crippen LogP contribution is -2.25. The van der Waals surface area contributed by atoms with Crippen molar-refractivity contribution in [1.82, 2.24) is 14.7 Å². The van der Waals surface area contributed by atoms with Crippen LogP contribution in [0.5, 0.6) is 0 Å². The summed E-state index contributed by atoms with van der Waals surface area (Å²) in [5, 5.41) is 13.1. The Bertz CT molecular complexity index is 1240. The second-order valence-corrected chi connectivity index (χ2v) is 9.04. The van der Waals surface area contributed by atoms with Crippen molar-refractivity contribution < 1.29 is 9.90 Å². The maximum Gasteiger partial charge on any atom is 0.255 e. The van der Waals surface area contributed by atoms with Crippen molar-refractivity contribution in [2.75, 3.05) is 13.2 Å². The van der Waals surface area contributed by atoms with Gasteiger partial charge in [0.25, 0.3) is 5.91 Å². The lowest BCUT2D eigenvalue weighted by molar-refractivity contribution is 0.0952. The van der Waals surface area contributed by atoms with Crippen LogP contribution in [0.4, 0.5) is 0 Å². The molecule has 4 rings (SSSR count). The van der Waals surface area contributed by atoms with Gasteiger partial charge in [-0.05, 0) is 59.3 Å². The van der Waals surface area contributed by atoms with Gasteiger partial charge in [-0.3, -0.25) is 9.20 Å². The van der Waals surface area contributed by atoms with Gasteiger partial charge in [0.05, 0.1) is 17.0 Å². The molecule has 1 amide bonds. The molecule has 0 fully saturated rings. The van der Waals surface area contributed by atoms with E-state index in [0.717, 1.165) is 26.1 Å². The van der Waals surface area contributed by atoms with Crippen molar-refractivity contribution in [3.05, 3.63) is 80.0 Å². The molecule has 5 nitrogen and oxygen atoms in total. The molecule has 31 heavy (non-hydrogen) atoms. The second-order valence-electron chi connectivity index (χ2n) is 6.92. The number of carbonyl (C=O) groups excluding carboxylic acids is 1. The first-order valence-electron chi connectivity index (χ1n) is 9.60. The molecule has 0 atom stereocenters. The number of benzene rings is 2. The van der Waals surface area contributed by atoms with Gasteiger partial charge in [0.15, 0.2) is 5.65 Å². The third kappa shape index (κ3) is 4.72. The first-order valence-corrected chi connectivity index (χ1v) is 11.4. The van der Waals surface area contributed by atoms with Gasteiger partial charge in [-0.1, -0.05) is 47.5 Å². The van der Waals surface area contributed by atoms with Crippen molar-refractivity contribution >= 4 is 57.3 Å². The Morgan fingerprint density at radius 1 is 1.03 bits per heavy atom. The number of hydrogen-bond donors (Lipinski definition) is 2. The quantitative estimate of drug-likeness (QED) is 0.233. The van der Waals surface area contributed by atoms with E-state index in [0.29, 0.717) is 34.2 Å². The predicted octanol–water partition coefficient (Wildman–Crippen LogP) is 5.69. The highest BCUT2D eigenvalue weighted by Gasteiger charge is 2.21. The van der Waals surface area contributed by atoms with Crippen molar-refractivity contribution in [2.45, 2.75) is 6.42 Å². The number of aromatic nitrogens is 2. The van der Waals surface area contributed by atoms with Crippen molar-refractivity contribution in [3.8, 4) is 22.5 Å². The largest absolute Gasteiger partial charge is 0.396 e. The van der Waals surface area contributed by atoms with E-state index < -0.39 is 0 Å². The van der Waals surface area contributed by atoms with Crippen LogP contribution in [0.3, 0.4) is 0 Å². The van der Waals surface area contributed by atoms with E-state index in [4.69, 9.17) is 33.3 Å². The molecule has 0 aliphatic rings. The van der Waals surface area contributed by atoms with Crippen LogP contribution in [0.15, 0.2) is 60.8 Å². The number of amides is 1. The number of rotatable bonds is 6. The number of carbonyl (C=O) groups is 1. The molecule has 2 aromatic carbocycles. The lowest BCUT2D eigenvalue weighted by atomic mass is 10.0. The molecule has 0 spiro atoms. The van der Waals surface area contributed by atoms with Crippen molar-refractivity contribution in [2.24, 2.45) is 0 Å². The fourth-order valence-electron chi connectivity index (χ4n) is 3.35. The maximum atomic E-state index is 12.9. The molecule has 4 aromatic rings. The average molecular weight is 566 g/mol. The fraction of sp³-hybridized carbons (Fsp3) is 0.130. The van der Waals surface area contributed by atoms with Crippen LogP contribution in [-0.4, -0.2) is 33.6 Å². The molecule has 0 saturated heterocycles. The smallest absolute Gasteiger partial charge is 0.255 e. The molecule has 2 aromatic heterocycles. The van der Waals surface area contributed by atoms with Crippen LogP contribution in [0, 0.1) is 3.57 Å². The van der Waals surface area contributed by atoms with Gasteiger partial charge in [-0.2, -0.15) is 0 Å². The number of halogens is 3. The van der Waals surface area contributed by atoms with E-state index in [1.165, 1.54) is 0 Å². The van der Waals surface area contributed by atoms with Crippen molar-refractivity contribution in [3.63, 3.8) is 0 Å². The van der Waals surface area contributed by atoms with E-state index in [1.807, 2.05) is 65.2 Å². The van der Waals surface area contributed by atoms with Crippen LogP contribution < -0.4 is 5.32 Å². The third-order valence-corrected chi connectivity index (χ3v) is 5.88. The Hall–Kier alpha value is -2.13. The number of aliphatic hydroxyl groups is 1. The number of nitrogens with zero attached hydrogens (tertiary/aromatic N) is 2. The molecule has 0 aliphatic heterocycles. The summed E-state index contributed by atoms with van der Waals surface area (Å²) in [6.45, 7) is 0.411. The van der Waals surface area contributed by atoms with E-state index in [-0.39, 0.29) is 12.5 Å². The topological polar surface area (TPSA) is 66.6 Å². The fourth-order valence-corrected chi connectivity index (χ4v) is 4.19. The molecule has 158 valence electrons. The monoisotopic (exact) mass is 565 g/mol. The summed E-state index contributed by atoms with van der Waals surface area (Å²) in [5.74, 6) is -0.229. The first-order chi connectivity index (χ1) is 15.0. The zero-order chi connectivity index (χ0) is 22.0. The third-order valence-electron chi connectivity index (χ3n) is 4.79. The summed E-state index contributed by atoms with van der Waals surface area (Å²) >= 11 is 14.4. The Kier molecular flexibility index (Phi) is 6.81. The Labute approximate surface area is 203 Å². The minimum atomic E-state index is -0.229. The van der Waals surface area contributed by atoms with Gasteiger partial charge in [-0.15, -0.1) is 0 Å². The van der Waals surface area contributed by atoms with Crippen LogP contribution in [0.2, 0.25) is 10.0 Å². The SMILES string of the molecule is O=C(NCCCO)c1cc(I)cn2c(-c3ccc(Cl)cc3)c(-c3ccc(Cl)cc3)nc12. The Morgan fingerprint density at radius 2 is 1.65 bits per heavy atom. The molecule has 2 N–H and O–H groups in total. The van der Waals surface area contributed by atoms with Gasteiger partial charge >= 0.3 is 0 Å². The number of imidazole rings is 1. The van der Waals surface area contributed by atoms with E-state index >= 15 is 0 Å².